The maximum absolute atomic E-state index is 13.3. The molecule has 0 aromatic heterocycles. The lowest BCUT2D eigenvalue weighted by atomic mass is 9.75. The number of fused-ring (bicyclic) bond motifs is 1. The van der Waals surface area contributed by atoms with Crippen LogP contribution in [0, 0.1) is 0 Å². The number of epoxide rings is 1. The van der Waals surface area contributed by atoms with Crippen LogP contribution in [-0.4, -0.2) is 48.6 Å². The molecule has 2 fully saturated rings. The molecule has 7 heteroatoms. The van der Waals surface area contributed by atoms with Crippen molar-refractivity contribution in [1.29, 1.82) is 0 Å². The summed E-state index contributed by atoms with van der Waals surface area (Å²) in [6, 6.07) is 0. The minimum absolute atomic E-state index is 0.0579. The van der Waals surface area contributed by atoms with Crippen molar-refractivity contribution in [3.63, 3.8) is 0 Å². The van der Waals surface area contributed by atoms with Crippen LogP contribution in [-0.2, 0) is 33.6 Å². The van der Waals surface area contributed by atoms with Crippen LogP contribution in [0.2, 0.25) is 0 Å². The molecule has 2 heterocycles. The second-order valence-electron chi connectivity index (χ2n) is 17.3. The molecule has 0 radical (unpaired) electrons. The van der Waals surface area contributed by atoms with Gasteiger partial charge in [0.2, 0.25) is 5.79 Å². The molecule has 0 saturated carbocycles. The van der Waals surface area contributed by atoms with Crippen LogP contribution in [0.5, 0.6) is 0 Å². The van der Waals surface area contributed by atoms with Gasteiger partial charge in [0.05, 0.1) is 18.8 Å². The number of ketones is 1. The summed E-state index contributed by atoms with van der Waals surface area (Å²) >= 11 is 0. The van der Waals surface area contributed by atoms with Gasteiger partial charge in [0.15, 0.2) is 5.78 Å². The van der Waals surface area contributed by atoms with Crippen LogP contribution in [0.15, 0.2) is 34.4 Å². The summed E-state index contributed by atoms with van der Waals surface area (Å²) in [6.07, 6.45) is 36.6. The summed E-state index contributed by atoms with van der Waals surface area (Å²) in [6.45, 7) is 12.5. The van der Waals surface area contributed by atoms with E-state index in [1.165, 1.54) is 103 Å². The standard InChI is InChI=1S/C48H82O7/c1-8-10-12-13-14-15-16-17-18-19-20-24-27-31-36-47(6)37-35-41-39(4)45(50)38(3)40(5)48(41,54-47)55-53-43(46-42(52-46)32-28-11-9-2)33-29-25-22-21-23-26-30-34-44(49)51-7/h29,33,42-43,46H,8-28,30-32,34-37H2,1-7H3/b33-29-/t42-,43+,46+,47+,48-/m0/s1. The third-order valence-corrected chi connectivity index (χ3v) is 12.6. The fourth-order valence-electron chi connectivity index (χ4n) is 8.57. The smallest absolute Gasteiger partial charge is 0.305 e. The first-order chi connectivity index (χ1) is 26.6. The number of unbranched alkanes of at least 4 members (excludes halogenated alkanes) is 20. The van der Waals surface area contributed by atoms with Crippen molar-refractivity contribution in [2.24, 2.45) is 0 Å². The van der Waals surface area contributed by atoms with Crippen LogP contribution in [0.1, 0.15) is 221 Å². The van der Waals surface area contributed by atoms with E-state index in [9.17, 15) is 9.59 Å². The van der Waals surface area contributed by atoms with Crippen molar-refractivity contribution in [1.82, 2.24) is 0 Å². The van der Waals surface area contributed by atoms with E-state index in [1.807, 2.05) is 20.8 Å². The third kappa shape index (κ3) is 16.2. The Bertz CT molecular complexity index is 1220. The lowest BCUT2D eigenvalue weighted by Gasteiger charge is -2.50. The number of methoxy groups -OCH3 is 1. The summed E-state index contributed by atoms with van der Waals surface area (Å²) in [5.74, 6) is -1.26. The van der Waals surface area contributed by atoms with Gasteiger partial charge >= 0.3 is 5.97 Å². The topological polar surface area (TPSA) is 83.6 Å². The molecular formula is C48H82O7. The summed E-state index contributed by atoms with van der Waals surface area (Å²) in [4.78, 5) is 37.8. The zero-order chi connectivity index (χ0) is 39.9. The number of carbonyl (C=O) groups is 2. The van der Waals surface area contributed by atoms with Crippen molar-refractivity contribution in [2.45, 2.75) is 251 Å². The van der Waals surface area contributed by atoms with Crippen molar-refractivity contribution in [2.75, 3.05) is 7.11 Å². The lowest BCUT2D eigenvalue weighted by Crippen LogP contribution is -2.54. The Labute approximate surface area is 337 Å². The van der Waals surface area contributed by atoms with Gasteiger partial charge in [-0.25, -0.2) is 4.89 Å². The highest BCUT2D eigenvalue weighted by Crippen LogP contribution is 2.51. The van der Waals surface area contributed by atoms with Crippen molar-refractivity contribution in [3.05, 3.63) is 34.4 Å². The van der Waals surface area contributed by atoms with Gasteiger partial charge in [-0.15, -0.1) is 0 Å². The van der Waals surface area contributed by atoms with Crippen molar-refractivity contribution >= 4 is 11.8 Å². The Hall–Kier alpha value is -1.80. The molecule has 316 valence electrons. The van der Waals surface area contributed by atoms with Gasteiger partial charge in [-0.1, -0.05) is 154 Å². The van der Waals surface area contributed by atoms with Gasteiger partial charge in [0.1, 0.15) is 12.2 Å². The average Bonchev–Trinajstić information content (AvgIpc) is 3.96. The van der Waals surface area contributed by atoms with Gasteiger partial charge in [-0.3, -0.25) is 9.59 Å². The minimum atomic E-state index is -1.21. The van der Waals surface area contributed by atoms with E-state index in [0.29, 0.717) is 12.0 Å². The van der Waals surface area contributed by atoms with E-state index in [1.54, 1.807) is 0 Å². The molecule has 0 aromatic carbocycles. The quantitative estimate of drug-likeness (QED) is 0.0168. The first kappa shape index (κ1) is 47.6. The molecule has 2 aliphatic heterocycles. The van der Waals surface area contributed by atoms with Crippen LogP contribution in [0.3, 0.4) is 0 Å². The maximum Gasteiger partial charge on any atom is 0.305 e. The summed E-state index contributed by atoms with van der Waals surface area (Å²) in [7, 11) is 1.45. The molecule has 5 atom stereocenters. The second kappa shape index (κ2) is 26.3. The molecule has 0 amide bonds. The molecular weight excluding hydrogens is 689 g/mol. The van der Waals surface area contributed by atoms with Crippen LogP contribution in [0.25, 0.3) is 0 Å². The fourth-order valence-corrected chi connectivity index (χ4v) is 8.57. The minimum Gasteiger partial charge on any atom is -0.469 e. The SMILES string of the molecule is CCCCCCCCCCCCCCCC[C@]1(C)CCC2=C(C)C(=O)C(C)=C(C)[C@@]2(OO[C@H](/C=C\CCCCCCCC(=O)OC)[C@@H]2O[C@H]2CCCCC)O1. The lowest BCUT2D eigenvalue weighted by molar-refractivity contribution is -0.437. The van der Waals surface area contributed by atoms with Crippen LogP contribution >= 0.6 is 0 Å². The van der Waals surface area contributed by atoms with E-state index in [4.69, 9.17) is 24.0 Å². The van der Waals surface area contributed by atoms with E-state index in [-0.39, 0.29) is 35.7 Å². The molecule has 2 saturated heterocycles. The van der Waals surface area contributed by atoms with Gasteiger partial charge in [-0.2, -0.15) is 4.89 Å². The Balaban J connectivity index is 1.56. The number of carbonyl (C=O) groups excluding carboxylic acids is 2. The predicted molar refractivity (Wildman–Crippen MR) is 225 cm³/mol. The second-order valence-corrected chi connectivity index (χ2v) is 17.3. The highest BCUT2D eigenvalue weighted by Gasteiger charge is 2.55. The molecule has 7 nitrogen and oxygen atoms in total. The first-order valence-electron chi connectivity index (χ1n) is 23.0. The Morgan fingerprint density at radius 3 is 1.96 bits per heavy atom. The van der Waals surface area contributed by atoms with Gasteiger partial charge in [0.25, 0.3) is 0 Å². The highest BCUT2D eigenvalue weighted by molar-refractivity contribution is 6.10. The average molecular weight is 771 g/mol. The number of hydrogen-bond donors (Lipinski definition) is 0. The highest BCUT2D eigenvalue weighted by atomic mass is 17.2. The Kier molecular flexibility index (Phi) is 22.7. The number of Topliss-reactive ketones (excluding diaryl/α,β-unsaturated/α-hetero) is 1. The molecule has 1 aliphatic carbocycles. The maximum atomic E-state index is 13.3. The summed E-state index contributed by atoms with van der Waals surface area (Å²) < 4.78 is 18.1. The predicted octanol–water partition coefficient (Wildman–Crippen LogP) is 13.5. The van der Waals surface area contributed by atoms with Crippen LogP contribution in [0.4, 0.5) is 0 Å². The Morgan fingerprint density at radius 2 is 1.35 bits per heavy atom. The molecule has 0 N–H and O–H groups in total. The number of esters is 1. The van der Waals surface area contributed by atoms with Gasteiger partial charge in [0, 0.05) is 23.1 Å². The Morgan fingerprint density at radius 1 is 0.782 bits per heavy atom. The van der Waals surface area contributed by atoms with E-state index >= 15 is 0 Å². The zero-order valence-electron chi connectivity index (χ0n) is 36.5. The van der Waals surface area contributed by atoms with Gasteiger partial charge in [-0.05, 0) is 78.2 Å². The largest absolute Gasteiger partial charge is 0.469 e. The molecule has 3 aliphatic rings. The fraction of sp³-hybridized carbons (Fsp3) is 0.833. The molecule has 0 spiro atoms. The summed E-state index contributed by atoms with van der Waals surface area (Å²) in [5.41, 5.74) is 2.74. The normalized spacial score (nSPS) is 24.5. The number of hydrogen-bond acceptors (Lipinski definition) is 7. The molecule has 55 heavy (non-hydrogen) atoms. The molecule has 0 bridgehead atoms. The number of rotatable bonds is 32. The molecule has 0 unspecified atom stereocenters. The number of allylic oxidation sites excluding steroid dienone is 3. The monoisotopic (exact) mass is 771 g/mol. The number of ether oxygens (including phenoxy) is 3. The summed E-state index contributed by atoms with van der Waals surface area (Å²) in [5, 5.41) is 0. The molecule has 3 rings (SSSR count). The van der Waals surface area contributed by atoms with Crippen LogP contribution < -0.4 is 0 Å². The molecule has 0 aromatic rings. The van der Waals surface area contributed by atoms with Gasteiger partial charge < -0.3 is 14.2 Å². The van der Waals surface area contributed by atoms with E-state index < -0.39 is 5.79 Å². The van der Waals surface area contributed by atoms with Crippen molar-refractivity contribution in [3.8, 4) is 0 Å². The first-order valence-corrected chi connectivity index (χ1v) is 23.0. The van der Waals surface area contributed by atoms with Crippen molar-refractivity contribution < 1.29 is 33.6 Å². The zero-order valence-corrected chi connectivity index (χ0v) is 36.5. The van der Waals surface area contributed by atoms with E-state index in [2.05, 4.69) is 32.9 Å². The third-order valence-electron chi connectivity index (χ3n) is 12.6. The van der Waals surface area contributed by atoms with E-state index in [0.717, 1.165) is 93.8 Å².